The molecule has 67 heavy (non-hydrogen) atoms. The second-order valence-electron chi connectivity index (χ2n) is 16.7. The summed E-state index contributed by atoms with van der Waals surface area (Å²) in [6.45, 7) is 0. The van der Waals surface area contributed by atoms with Crippen molar-refractivity contribution < 1.29 is 0 Å². The van der Waals surface area contributed by atoms with Crippen LogP contribution < -0.4 is 0 Å². The monoisotopic (exact) mass is 854 g/mol. The smallest absolute Gasteiger partial charge is 0.165 e. The van der Waals surface area contributed by atoms with Crippen molar-refractivity contribution in [1.29, 1.82) is 0 Å². The van der Waals surface area contributed by atoms with E-state index in [4.69, 9.17) is 15.0 Å². The van der Waals surface area contributed by atoms with E-state index in [2.05, 4.69) is 223 Å². The van der Waals surface area contributed by atoms with E-state index in [1.165, 1.54) is 21.8 Å². The summed E-state index contributed by atoms with van der Waals surface area (Å²) in [6.07, 6.45) is 0. The molecule has 0 saturated carbocycles. The summed E-state index contributed by atoms with van der Waals surface area (Å²) < 4.78 is 2.38. The molecule has 0 saturated heterocycles. The van der Waals surface area contributed by atoms with E-state index in [1.54, 1.807) is 0 Å². The van der Waals surface area contributed by atoms with E-state index in [9.17, 15) is 0 Å². The van der Waals surface area contributed by atoms with Crippen molar-refractivity contribution in [1.82, 2.24) is 19.5 Å². The van der Waals surface area contributed by atoms with Crippen LogP contribution in [0.1, 0.15) is 0 Å². The maximum Gasteiger partial charge on any atom is 0.165 e. The fraction of sp³-hybridized carbons (Fsp3) is 0. The standard InChI is InChI=1S/C63H42N4/c1-7-23-43(24-8-1)55-56(44-25-9-2-10-26-44)58(46-29-13-4-14-30-46)60(63-65-61(48-31-15-5-16-32-48)64-62(66-63)49-33-17-6-18-34-49)59(57(55)45-27-11-3-12-28-45)47-39-41-50(42-40-47)67-53-37-21-19-35-51(53)52-36-20-22-38-54(52)67/h1-42H. The molecular weight excluding hydrogens is 813 g/mol. The summed E-state index contributed by atoms with van der Waals surface area (Å²) in [6, 6.07) is 90.2. The van der Waals surface area contributed by atoms with Crippen molar-refractivity contribution >= 4 is 21.8 Å². The lowest BCUT2D eigenvalue weighted by Crippen LogP contribution is -2.06. The number of rotatable bonds is 9. The van der Waals surface area contributed by atoms with Crippen LogP contribution in [0.2, 0.25) is 0 Å². The van der Waals surface area contributed by atoms with Gasteiger partial charge in [-0.15, -0.1) is 0 Å². The number of fused-ring (bicyclic) bond motifs is 3. The number of hydrogen-bond acceptors (Lipinski definition) is 3. The lowest BCUT2D eigenvalue weighted by molar-refractivity contribution is 1.07. The number of benzene rings is 10. The molecule has 2 heterocycles. The lowest BCUT2D eigenvalue weighted by Gasteiger charge is -2.28. The first-order valence-corrected chi connectivity index (χ1v) is 22.7. The second-order valence-corrected chi connectivity index (χ2v) is 16.7. The zero-order valence-electron chi connectivity index (χ0n) is 36.5. The third-order valence-corrected chi connectivity index (χ3v) is 12.7. The Morgan fingerprint density at radius 1 is 0.209 bits per heavy atom. The Morgan fingerprint density at radius 2 is 0.478 bits per heavy atom. The van der Waals surface area contributed by atoms with Gasteiger partial charge in [-0.3, -0.25) is 0 Å². The predicted octanol–water partition coefficient (Wildman–Crippen LogP) is 16.3. The Hall–Kier alpha value is -8.99. The maximum atomic E-state index is 5.54. The predicted molar refractivity (Wildman–Crippen MR) is 278 cm³/mol. The molecule has 0 fully saturated rings. The third-order valence-electron chi connectivity index (χ3n) is 12.7. The third kappa shape index (κ3) is 7.18. The van der Waals surface area contributed by atoms with Crippen molar-refractivity contribution in [2.24, 2.45) is 0 Å². The molecule has 10 aromatic carbocycles. The summed E-state index contributed by atoms with van der Waals surface area (Å²) in [4.78, 5) is 16.3. The van der Waals surface area contributed by atoms with Crippen LogP contribution in [-0.4, -0.2) is 19.5 Å². The molecule has 12 aromatic rings. The van der Waals surface area contributed by atoms with Gasteiger partial charge in [-0.2, -0.15) is 0 Å². The van der Waals surface area contributed by atoms with Crippen molar-refractivity contribution in [3.05, 3.63) is 255 Å². The molecule has 0 spiro atoms. The van der Waals surface area contributed by atoms with Crippen molar-refractivity contribution in [3.8, 4) is 95.5 Å². The van der Waals surface area contributed by atoms with Crippen LogP contribution in [0.3, 0.4) is 0 Å². The van der Waals surface area contributed by atoms with Crippen LogP contribution in [0.15, 0.2) is 255 Å². The van der Waals surface area contributed by atoms with Crippen molar-refractivity contribution in [3.63, 3.8) is 0 Å². The normalized spacial score (nSPS) is 11.3. The molecule has 0 aliphatic rings. The average molecular weight is 855 g/mol. The maximum absolute atomic E-state index is 5.54. The van der Waals surface area contributed by atoms with Gasteiger partial charge in [0, 0.05) is 44.3 Å². The fourth-order valence-electron chi connectivity index (χ4n) is 9.73. The van der Waals surface area contributed by atoms with Gasteiger partial charge in [-0.25, -0.2) is 15.0 Å². The van der Waals surface area contributed by atoms with Gasteiger partial charge in [0.25, 0.3) is 0 Å². The van der Waals surface area contributed by atoms with Gasteiger partial charge in [0.1, 0.15) is 0 Å². The van der Waals surface area contributed by atoms with E-state index in [1.807, 2.05) is 36.4 Å². The molecule has 0 bridgehead atoms. The molecule has 314 valence electrons. The summed E-state index contributed by atoms with van der Waals surface area (Å²) in [5.74, 6) is 1.79. The Morgan fingerprint density at radius 3 is 0.836 bits per heavy atom. The molecule has 0 amide bonds. The highest BCUT2D eigenvalue weighted by Crippen LogP contribution is 2.55. The molecule has 0 N–H and O–H groups in total. The number of hydrogen-bond donors (Lipinski definition) is 0. The van der Waals surface area contributed by atoms with E-state index in [-0.39, 0.29) is 0 Å². The number of para-hydroxylation sites is 2. The molecule has 4 heteroatoms. The molecule has 12 rings (SSSR count). The Labute approximate surface area is 389 Å². The first-order valence-electron chi connectivity index (χ1n) is 22.7. The molecule has 2 aromatic heterocycles. The van der Waals surface area contributed by atoms with E-state index >= 15 is 0 Å². The molecule has 0 unspecified atom stereocenters. The fourth-order valence-corrected chi connectivity index (χ4v) is 9.73. The van der Waals surface area contributed by atoms with E-state index in [0.717, 1.165) is 78.0 Å². The topological polar surface area (TPSA) is 43.6 Å². The highest BCUT2D eigenvalue weighted by Gasteiger charge is 2.31. The Balaban J connectivity index is 1.27. The summed E-state index contributed by atoms with van der Waals surface area (Å²) in [5, 5.41) is 2.45. The Kier molecular flexibility index (Phi) is 10.2. The minimum Gasteiger partial charge on any atom is -0.309 e. The van der Waals surface area contributed by atoms with Gasteiger partial charge in [0.05, 0.1) is 11.0 Å². The quantitative estimate of drug-likeness (QED) is 0.145. The van der Waals surface area contributed by atoms with E-state index < -0.39 is 0 Å². The lowest BCUT2D eigenvalue weighted by atomic mass is 9.75. The molecular formula is C63H42N4. The minimum absolute atomic E-state index is 0.585. The SMILES string of the molecule is c1ccc(-c2nc(-c3ccccc3)nc(-c3c(-c4ccccc4)c(-c4ccccc4)c(-c4ccccc4)c(-c4ccccc4)c3-c3ccc(-n4c5ccccc5c5ccccc54)cc3)n2)cc1. The highest BCUT2D eigenvalue weighted by molar-refractivity contribution is 6.15. The van der Waals surface area contributed by atoms with Crippen LogP contribution >= 0.6 is 0 Å². The first kappa shape index (κ1) is 39.6. The second kappa shape index (κ2) is 17.2. The van der Waals surface area contributed by atoms with Gasteiger partial charge in [-0.1, -0.05) is 231 Å². The molecule has 0 atom stereocenters. The molecule has 0 radical (unpaired) electrons. The molecule has 0 aliphatic carbocycles. The van der Waals surface area contributed by atoms with Gasteiger partial charge in [0.15, 0.2) is 17.5 Å². The van der Waals surface area contributed by atoms with Gasteiger partial charge >= 0.3 is 0 Å². The van der Waals surface area contributed by atoms with Gasteiger partial charge < -0.3 is 4.57 Å². The van der Waals surface area contributed by atoms with Crippen LogP contribution in [0.25, 0.3) is 117 Å². The van der Waals surface area contributed by atoms with Gasteiger partial charge in [-0.05, 0) is 68.8 Å². The van der Waals surface area contributed by atoms with Crippen LogP contribution in [-0.2, 0) is 0 Å². The van der Waals surface area contributed by atoms with Crippen molar-refractivity contribution in [2.45, 2.75) is 0 Å². The minimum atomic E-state index is 0.585. The number of nitrogens with zero attached hydrogens (tertiary/aromatic N) is 4. The van der Waals surface area contributed by atoms with Crippen LogP contribution in [0.4, 0.5) is 0 Å². The Bertz CT molecular complexity index is 3570. The zero-order chi connectivity index (χ0) is 44.5. The first-order chi connectivity index (χ1) is 33.3. The van der Waals surface area contributed by atoms with Crippen molar-refractivity contribution in [2.75, 3.05) is 0 Å². The largest absolute Gasteiger partial charge is 0.309 e. The van der Waals surface area contributed by atoms with Gasteiger partial charge in [0.2, 0.25) is 0 Å². The summed E-state index contributed by atoms with van der Waals surface area (Å²) >= 11 is 0. The van der Waals surface area contributed by atoms with Crippen LogP contribution in [0.5, 0.6) is 0 Å². The average Bonchev–Trinajstić information content (AvgIpc) is 3.76. The van der Waals surface area contributed by atoms with E-state index in [0.29, 0.717) is 17.5 Å². The number of aromatic nitrogens is 4. The molecule has 4 nitrogen and oxygen atoms in total. The summed E-state index contributed by atoms with van der Waals surface area (Å²) in [7, 11) is 0. The summed E-state index contributed by atoms with van der Waals surface area (Å²) in [5.41, 5.74) is 16.9. The zero-order valence-corrected chi connectivity index (χ0v) is 36.5. The molecule has 0 aliphatic heterocycles. The van der Waals surface area contributed by atoms with Crippen LogP contribution in [0, 0.1) is 0 Å². The highest BCUT2D eigenvalue weighted by atomic mass is 15.0.